The van der Waals surface area contributed by atoms with Crippen LogP contribution in [0.4, 0.5) is 0 Å². The van der Waals surface area contributed by atoms with Crippen molar-refractivity contribution in [1.82, 2.24) is 14.9 Å². The molecule has 0 aliphatic heterocycles. The Morgan fingerprint density at radius 3 is 2.78 bits per heavy atom. The van der Waals surface area contributed by atoms with E-state index in [1.54, 1.807) is 6.20 Å². The highest BCUT2D eigenvalue weighted by Gasteiger charge is 2.29. The summed E-state index contributed by atoms with van der Waals surface area (Å²) in [6, 6.07) is 0.406. The molecule has 1 aromatic rings. The number of carbonyl (C=O) groups excluding carboxylic acids is 1. The predicted molar refractivity (Wildman–Crippen MR) is 70.0 cm³/mol. The molecule has 0 aliphatic rings. The molecule has 0 saturated heterocycles. The summed E-state index contributed by atoms with van der Waals surface area (Å²) < 4.78 is 6.81. The van der Waals surface area contributed by atoms with Crippen LogP contribution >= 0.6 is 0 Å². The maximum absolute atomic E-state index is 11.7. The number of rotatable bonds is 6. The van der Waals surface area contributed by atoms with Crippen LogP contribution in [0.15, 0.2) is 12.4 Å². The van der Waals surface area contributed by atoms with E-state index in [0.717, 1.165) is 5.82 Å². The van der Waals surface area contributed by atoms with Crippen molar-refractivity contribution >= 4 is 5.97 Å². The van der Waals surface area contributed by atoms with Gasteiger partial charge in [0.25, 0.3) is 0 Å². The minimum Gasteiger partial charge on any atom is -0.469 e. The highest BCUT2D eigenvalue weighted by molar-refractivity contribution is 5.75. The second kappa shape index (κ2) is 6.00. The molecule has 18 heavy (non-hydrogen) atoms. The summed E-state index contributed by atoms with van der Waals surface area (Å²) in [6.07, 6.45) is 3.65. The summed E-state index contributed by atoms with van der Waals surface area (Å²) in [5.41, 5.74) is -0.554. The molecule has 102 valence electrons. The van der Waals surface area contributed by atoms with Crippen LogP contribution < -0.4 is 5.32 Å². The van der Waals surface area contributed by atoms with Crippen LogP contribution in [0.2, 0.25) is 0 Å². The van der Waals surface area contributed by atoms with Crippen molar-refractivity contribution in [3.05, 3.63) is 18.2 Å². The maximum atomic E-state index is 11.7. The average molecular weight is 253 g/mol. The number of carbonyl (C=O) groups is 1. The van der Waals surface area contributed by atoms with Gasteiger partial charge in [-0.05, 0) is 13.8 Å². The Balaban J connectivity index is 2.73. The van der Waals surface area contributed by atoms with Crippen LogP contribution in [0.25, 0.3) is 0 Å². The van der Waals surface area contributed by atoms with Gasteiger partial charge in [0.2, 0.25) is 0 Å². The number of ether oxygens (including phenoxy) is 1. The Morgan fingerprint density at radius 1 is 1.56 bits per heavy atom. The van der Waals surface area contributed by atoms with Crippen molar-refractivity contribution in [2.45, 2.75) is 46.8 Å². The van der Waals surface area contributed by atoms with Gasteiger partial charge in [0, 0.05) is 25.0 Å². The molecule has 0 atom stereocenters. The molecule has 0 bridgehead atoms. The standard InChI is InChI=1S/C13H23N3O2/c1-10(2)15-8-11-14-6-7-16(11)9-13(3,4)12(17)18-5/h6-7,10,15H,8-9H2,1-5H3. The molecule has 1 N–H and O–H groups in total. The van der Waals surface area contributed by atoms with E-state index in [1.807, 2.05) is 24.6 Å². The van der Waals surface area contributed by atoms with E-state index in [9.17, 15) is 4.79 Å². The van der Waals surface area contributed by atoms with E-state index in [2.05, 4.69) is 24.1 Å². The molecule has 1 aromatic heterocycles. The van der Waals surface area contributed by atoms with E-state index in [0.29, 0.717) is 19.1 Å². The molecule has 0 saturated carbocycles. The Hall–Kier alpha value is -1.36. The lowest BCUT2D eigenvalue weighted by atomic mass is 9.93. The topological polar surface area (TPSA) is 56.2 Å². The fourth-order valence-corrected chi connectivity index (χ4v) is 1.71. The van der Waals surface area contributed by atoms with Gasteiger partial charge < -0.3 is 14.6 Å². The van der Waals surface area contributed by atoms with Crippen LogP contribution in [-0.2, 0) is 22.6 Å². The first-order chi connectivity index (χ1) is 8.36. The highest BCUT2D eigenvalue weighted by atomic mass is 16.5. The Bertz CT molecular complexity index is 397. The van der Waals surface area contributed by atoms with E-state index >= 15 is 0 Å². The zero-order valence-corrected chi connectivity index (χ0v) is 11.9. The summed E-state index contributed by atoms with van der Waals surface area (Å²) in [5.74, 6) is 0.722. The van der Waals surface area contributed by atoms with Crippen molar-refractivity contribution in [2.75, 3.05) is 7.11 Å². The first-order valence-electron chi connectivity index (χ1n) is 6.18. The first-order valence-corrected chi connectivity index (χ1v) is 6.18. The molecule has 0 radical (unpaired) electrons. The largest absolute Gasteiger partial charge is 0.469 e. The predicted octanol–water partition coefficient (Wildman–Crippen LogP) is 1.58. The molecule has 0 unspecified atom stereocenters. The number of hydrogen-bond donors (Lipinski definition) is 1. The minimum absolute atomic E-state index is 0.209. The quantitative estimate of drug-likeness (QED) is 0.782. The molecule has 1 rings (SSSR count). The summed E-state index contributed by atoms with van der Waals surface area (Å²) in [7, 11) is 1.42. The zero-order valence-electron chi connectivity index (χ0n) is 11.9. The molecular formula is C13H23N3O2. The Kier molecular flexibility index (Phi) is 4.90. The normalized spacial score (nSPS) is 11.9. The lowest BCUT2D eigenvalue weighted by Crippen LogP contribution is -2.32. The summed E-state index contributed by atoms with van der Waals surface area (Å²) in [5, 5.41) is 3.32. The van der Waals surface area contributed by atoms with Crippen molar-refractivity contribution in [3.63, 3.8) is 0 Å². The fourth-order valence-electron chi connectivity index (χ4n) is 1.71. The van der Waals surface area contributed by atoms with Gasteiger partial charge in [0.15, 0.2) is 0 Å². The molecule has 5 nitrogen and oxygen atoms in total. The van der Waals surface area contributed by atoms with Gasteiger partial charge in [0.1, 0.15) is 5.82 Å². The number of nitrogens with zero attached hydrogens (tertiary/aromatic N) is 2. The van der Waals surface area contributed by atoms with Gasteiger partial charge >= 0.3 is 5.97 Å². The van der Waals surface area contributed by atoms with E-state index in [1.165, 1.54) is 7.11 Å². The molecular weight excluding hydrogens is 230 g/mol. The zero-order chi connectivity index (χ0) is 13.8. The van der Waals surface area contributed by atoms with Crippen LogP contribution in [0.1, 0.15) is 33.5 Å². The monoisotopic (exact) mass is 253 g/mol. The second-order valence-corrected chi connectivity index (χ2v) is 5.38. The third-order valence-electron chi connectivity index (χ3n) is 2.77. The first kappa shape index (κ1) is 14.7. The fraction of sp³-hybridized carbons (Fsp3) is 0.692. The summed E-state index contributed by atoms with van der Waals surface area (Å²) >= 11 is 0. The smallest absolute Gasteiger partial charge is 0.313 e. The molecule has 0 fully saturated rings. The third kappa shape index (κ3) is 3.84. The van der Waals surface area contributed by atoms with Gasteiger partial charge in [-0.25, -0.2) is 4.98 Å². The Labute approximate surface area is 109 Å². The lowest BCUT2D eigenvalue weighted by molar-refractivity contribution is -0.151. The second-order valence-electron chi connectivity index (χ2n) is 5.38. The maximum Gasteiger partial charge on any atom is 0.313 e. The lowest BCUT2D eigenvalue weighted by Gasteiger charge is -2.23. The average Bonchev–Trinajstić information content (AvgIpc) is 2.71. The van der Waals surface area contributed by atoms with E-state index < -0.39 is 5.41 Å². The van der Waals surface area contributed by atoms with Gasteiger partial charge in [0.05, 0.1) is 19.1 Å². The number of aromatic nitrogens is 2. The molecule has 1 heterocycles. The molecule has 5 heteroatoms. The van der Waals surface area contributed by atoms with Gasteiger partial charge in [-0.1, -0.05) is 13.8 Å². The summed E-state index contributed by atoms with van der Waals surface area (Å²) in [6.45, 7) is 9.19. The van der Waals surface area contributed by atoms with Crippen molar-refractivity contribution in [1.29, 1.82) is 0 Å². The van der Waals surface area contributed by atoms with Crippen molar-refractivity contribution in [3.8, 4) is 0 Å². The van der Waals surface area contributed by atoms with Crippen LogP contribution in [0.5, 0.6) is 0 Å². The van der Waals surface area contributed by atoms with Crippen LogP contribution in [-0.4, -0.2) is 28.7 Å². The van der Waals surface area contributed by atoms with Crippen LogP contribution in [0.3, 0.4) is 0 Å². The number of nitrogens with one attached hydrogen (secondary N) is 1. The number of esters is 1. The molecule has 0 spiro atoms. The van der Waals surface area contributed by atoms with E-state index in [-0.39, 0.29) is 5.97 Å². The van der Waals surface area contributed by atoms with Crippen molar-refractivity contribution < 1.29 is 9.53 Å². The van der Waals surface area contributed by atoms with E-state index in [4.69, 9.17) is 4.74 Å². The number of imidazole rings is 1. The molecule has 0 aliphatic carbocycles. The van der Waals surface area contributed by atoms with Gasteiger partial charge in [-0.15, -0.1) is 0 Å². The molecule has 0 aromatic carbocycles. The van der Waals surface area contributed by atoms with Gasteiger partial charge in [-0.2, -0.15) is 0 Å². The summed E-state index contributed by atoms with van der Waals surface area (Å²) in [4.78, 5) is 16.0. The Morgan fingerprint density at radius 2 is 2.22 bits per heavy atom. The number of methoxy groups -OCH3 is 1. The molecule has 0 amide bonds. The minimum atomic E-state index is -0.554. The SMILES string of the molecule is COC(=O)C(C)(C)Cn1ccnc1CNC(C)C. The van der Waals surface area contributed by atoms with Crippen molar-refractivity contribution in [2.24, 2.45) is 5.41 Å². The van der Waals surface area contributed by atoms with Crippen LogP contribution in [0, 0.1) is 5.41 Å². The third-order valence-corrected chi connectivity index (χ3v) is 2.77. The number of hydrogen-bond acceptors (Lipinski definition) is 4. The van der Waals surface area contributed by atoms with Gasteiger partial charge in [-0.3, -0.25) is 4.79 Å². The highest BCUT2D eigenvalue weighted by Crippen LogP contribution is 2.20.